The molecule has 2 aromatic rings. The van der Waals surface area contributed by atoms with Crippen LogP contribution in [-0.4, -0.2) is 32.5 Å². The summed E-state index contributed by atoms with van der Waals surface area (Å²) >= 11 is 11.7. The Kier molecular flexibility index (Phi) is 6.06. The van der Waals surface area contributed by atoms with E-state index in [1.807, 2.05) is 31.1 Å². The molecule has 0 bridgehead atoms. The topological polar surface area (TPSA) is 61.4 Å². The molecule has 24 heavy (non-hydrogen) atoms. The van der Waals surface area contributed by atoms with Crippen molar-refractivity contribution in [3.05, 3.63) is 58.1 Å². The molecule has 0 aliphatic rings. The van der Waals surface area contributed by atoms with Crippen molar-refractivity contribution in [2.75, 3.05) is 30.9 Å². The third-order valence-corrected chi connectivity index (χ3v) is 3.80. The summed E-state index contributed by atoms with van der Waals surface area (Å²) in [6.07, 6.45) is 0. The van der Waals surface area contributed by atoms with E-state index in [1.54, 1.807) is 18.2 Å². The second kappa shape index (κ2) is 8.04. The number of anilines is 2. The number of hydrogen-bond donors (Lipinski definition) is 2. The van der Waals surface area contributed by atoms with E-state index in [0.717, 1.165) is 5.69 Å². The second-order valence-electron chi connectivity index (χ2n) is 5.30. The summed E-state index contributed by atoms with van der Waals surface area (Å²) in [6.45, 7) is -0.160. The number of rotatable bonds is 5. The summed E-state index contributed by atoms with van der Waals surface area (Å²) < 4.78 is 0. The van der Waals surface area contributed by atoms with Crippen LogP contribution in [0.2, 0.25) is 10.0 Å². The maximum atomic E-state index is 12.0. The van der Waals surface area contributed by atoms with Crippen molar-refractivity contribution in [1.82, 2.24) is 5.32 Å². The number of nitrogens with one attached hydrogen (secondary N) is 2. The van der Waals surface area contributed by atoms with Crippen LogP contribution in [0.4, 0.5) is 11.4 Å². The van der Waals surface area contributed by atoms with Gasteiger partial charge in [-0.3, -0.25) is 9.59 Å². The Hall–Kier alpha value is -2.24. The predicted molar refractivity (Wildman–Crippen MR) is 98.2 cm³/mol. The van der Waals surface area contributed by atoms with Crippen LogP contribution in [0.25, 0.3) is 0 Å². The fourth-order valence-corrected chi connectivity index (χ4v) is 2.47. The first kappa shape index (κ1) is 18.1. The SMILES string of the molecule is CN(C)c1ccc(NC(=O)CNC(=O)c2ccc(Cl)cc2Cl)cc1. The van der Waals surface area contributed by atoms with Crippen LogP contribution in [0.5, 0.6) is 0 Å². The predicted octanol–water partition coefficient (Wildman–Crippen LogP) is 3.43. The van der Waals surface area contributed by atoms with Crippen molar-refractivity contribution in [1.29, 1.82) is 0 Å². The Balaban J connectivity index is 1.89. The molecule has 2 amide bonds. The lowest BCUT2D eigenvalue weighted by Crippen LogP contribution is -2.33. The monoisotopic (exact) mass is 365 g/mol. The van der Waals surface area contributed by atoms with Crippen LogP contribution in [0.1, 0.15) is 10.4 Å². The molecule has 2 rings (SSSR count). The van der Waals surface area contributed by atoms with Crippen molar-refractivity contribution < 1.29 is 9.59 Å². The lowest BCUT2D eigenvalue weighted by atomic mass is 10.2. The van der Waals surface area contributed by atoms with E-state index in [4.69, 9.17) is 23.2 Å². The van der Waals surface area contributed by atoms with Crippen molar-refractivity contribution in [2.45, 2.75) is 0 Å². The molecule has 0 aliphatic heterocycles. The Bertz CT molecular complexity index is 746. The molecule has 0 heterocycles. The van der Waals surface area contributed by atoms with E-state index in [1.165, 1.54) is 12.1 Å². The van der Waals surface area contributed by atoms with Gasteiger partial charge >= 0.3 is 0 Å². The van der Waals surface area contributed by atoms with Gasteiger partial charge in [-0.05, 0) is 42.5 Å². The van der Waals surface area contributed by atoms with E-state index >= 15 is 0 Å². The summed E-state index contributed by atoms with van der Waals surface area (Å²) in [5, 5.41) is 5.91. The van der Waals surface area contributed by atoms with E-state index < -0.39 is 5.91 Å². The summed E-state index contributed by atoms with van der Waals surface area (Å²) in [5.74, 6) is -0.763. The first-order valence-corrected chi connectivity index (χ1v) is 7.93. The van der Waals surface area contributed by atoms with Crippen LogP contribution in [0.15, 0.2) is 42.5 Å². The van der Waals surface area contributed by atoms with Crippen molar-refractivity contribution in [3.63, 3.8) is 0 Å². The lowest BCUT2D eigenvalue weighted by molar-refractivity contribution is -0.115. The van der Waals surface area contributed by atoms with E-state index in [9.17, 15) is 9.59 Å². The highest BCUT2D eigenvalue weighted by molar-refractivity contribution is 6.36. The molecule has 0 saturated heterocycles. The Morgan fingerprint density at radius 1 is 1.04 bits per heavy atom. The number of halogens is 2. The number of carbonyl (C=O) groups excluding carboxylic acids is 2. The van der Waals surface area contributed by atoms with Crippen LogP contribution in [0, 0.1) is 0 Å². The molecule has 0 fully saturated rings. The van der Waals surface area contributed by atoms with E-state index in [0.29, 0.717) is 10.7 Å². The highest BCUT2D eigenvalue weighted by atomic mass is 35.5. The summed E-state index contributed by atoms with van der Waals surface area (Å²) in [5.41, 5.74) is 1.95. The molecule has 7 heteroatoms. The maximum absolute atomic E-state index is 12.0. The molecular formula is C17H17Cl2N3O2. The maximum Gasteiger partial charge on any atom is 0.253 e. The molecule has 0 aromatic heterocycles. The molecule has 2 N–H and O–H groups in total. The number of benzene rings is 2. The van der Waals surface area contributed by atoms with Crippen LogP contribution >= 0.6 is 23.2 Å². The molecule has 0 radical (unpaired) electrons. The van der Waals surface area contributed by atoms with Crippen LogP contribution < -0.4 is 15.5 Å². The van der Waals surface area contributed by atoms with Gasteiger partial charge in [0.2, 0.25) is 5.91 Å². The second-order valence-corrected chi connectivity index (χ2v) is 6.14. The number of carbonyl (C=O) groups is 2. The minimum absolute atomic E-state index is 0.160. The minimum atomic E-state index is -0.435. The summed E-state index contributed by atoms with van der Waals surface area (Å²) in [6, 6.07) is 11.9. The molecule has 0 saturated carbocycles. The van der Waals surface area contributed by atoms with Gasteiger partial charge in [0, 0.05) is 30.5 Å². The van der Waals surface area contributed by atoms with Gasteiger partial charge in [0.1, 0.15) is 0 Å². The van der Waals surface area contributed by atoms with E-state index in [2.05, 4.69) is 10.6 Å². The summed E-state index contributed by atoms with van der Waals surface area (Å²) in [7, 11) is 3.87. The standard InChI is InChI=1S/C17H17Cl2N3O2/c1-22(2)13-6-4-12(5-7-13)21-16(23)10-20-17(24)14-8-3-11(18)9-15(14)19/h3-9H,10H2,1-2H3,(H,20,24)(H,21,23). The first-order chi connectivity index (χ1) is 11.4. The molecule has 0 atom stereocenters. The van der Waals surface area contributed by atoms with E-state index in [-0.39, 0.29) is 23.0 Å². The first-order valence-electron chi connectivity index (χ1n) is 7.17. The highest BCUT2D eigenvalue weighted by Gasteiger charge is 2.12. The molecule has 2 aromatic carbocycles. The average Bonchev–Trinajstić information content (AvgIpc) is 2.53. The Morgan fingerprint density at radius 3 is 2.29 bits per heavy atom. The van der Waals surface area contributed by atoms with Crippen molar-refractivity contribution in [2.24, 2.45) is 0 Å². The van der Waals surface area contributed by atoms with Gasteiger partial charge in [0.25, 0.3) is 5.91 Å². The van der Waals surface area contributed by atoms with Gasteiger partial charge in [-0.25, -0.2) is 0 Å². The van der Waals surface area contributed by atoms with Crippen LogP contribution in [0.3, 0.4) is 0 Å². The Morgan fingerprint density at radius 2 is 1.71 bits per heavy atom. The van der Waals surface area contributed by atoms with Gasteiger partial charge in [0.05, 0.1) is 17.1 Å². The molecule has 0 spiro atoms. The quantitative estimate of drug-likeness (QED) is 0.852. The van der Waals surface area contributed by atoms with Crippen LogP contribution in [-0.2, 0) is 4.79 Å². The molecule has 126 valence electrons. The van der Waals surface area contributed by atoms with Gasteiger partial charge in [-0.2, -0.15) is 0 Å². The average molecular weight is 366 g/mol. The van der Waals surface area contributed by atoms with Gasteiger partial charge in [-0.1, -0.05) is 23.2 Å². The fourth-order valence-electron chi connectivity index (χ4n) is 1.98. The van der Waals surface area contributed by atoms with Gasteiger partial charge < -0.3 is 15.5 Å². The summed E-state index contributed by atoms with van der Waals surface area (Å²) in [4.78, 5) is 25.9. The Labute approximate surface area is 150 Å². The fraction of sp³-hybridized carbons (Fsp3) is 0.176. The third kappa shape index (κ3) is 4.88. The normalized spacial score (nSPS) is 10.2. The van der Waals surface area contributed by atoms with Crippen molar-refractivity contribution >= 4 is 46.4 Å². The number of amides is 2. The van der Waals surface area contributed by atoms with Gasteiger partial charge in [-0.15, -0.1) is 0 Å². The number of nitrogens with zero attached hydrogens (tertiary/aromatic N) is 1. The minimum Gasteiger partial charge on any atom is -0.378 e. The smallest absolute Gasteiger partial charge is 0.253 e. The molecule has 5 nitrogen and oxygen atoms in total. The lowest BCUT2D eigenvalue weighted by Gasteiger charge is -2.13. The highest BCUT2D eigenvalue weighted by Crippen LogP contribution is 2.20. The van der Waals surface area contributed by atoms with Gasteiger partial charge in [0.15, 0.2) is 0 Å². The molecule has 0 aliphatic carbocycles. The molecule has 0 unspecified atom stereocenters. The third-order valence-electron chi connectivity index (χ3n) is 3.25. The zero-order chi connectivity index (χ0) is 17.7. The largest absolute Gasteiger partial charge is 0.378 e. The number of hydrogen-bond acceptors (Lipinski definition) is 3. The van der Waals surface area contributed by atoms with Crippen molar-refractivity contribution in [3.8, 4) is 0 Å². The molecular weight excluding hydrogens is 349 g/mol. The zero-order valence-corrected chi connectivity index (χ0v) is 14.8. The zero-order valence-electron chi connectivity index (χ0n) is 13.3.